The van der Waals surface area contributed by atoms with Gasteiger partial charge in [-0.3, -0.25) is 4.79 Å². The summed E-state index contributed by atoms with van der Waals surface area (Å²) in [5.74, 6) is -0.803. The van der Waals surface area contributed by atoms with Crippen molar-refractivity contribution in [2.75, 3.05) is 0 Å². The molecule has 0 aliphatic rings. The molecule has 0 spiro atoms. The summed E-state index contributed by atoms with van der Waals surface area (Å²) < 4.78 is 0. The van der Waals surface area contributed by atoms with Crippen LogP contribution in [-0.4, -0.2) is 16.2 Å². The van der Waals surface area contributed by atoms with Crippen LogP contribution in [0.2, 0.25) is 0 Å². The number of rotatable bonds is 6. The van der Waals surface area contributed by atoms with E-state index in [1.54, 1.807) is 0 Å². The molecular formula is C18H20O3. The van der Waals surface area contributed by atoms with E-state index in [0.29, 0.717) is 12.8 Å². The van der Waals surface area contributed by atoms with Gasteiger partial charge in [0, 0.05) is 0 Å². The van der Waals surface area contributed by atoms with Crippen molar-refractivity contribution in [3.05, 3.63) is 71.3 Å². The van der Waals surface area contributed by atoms with Crippen LogP contribution in [0.15, 0.2) is 54.6 Å². The van der Waals surface area contributed by atoms with Gasteiger partial charge in [0.25, 0.3) is 0 Å². The number of carboxylic acids is 1. The summed E-state index contributed by atoms with van der Waals surface area (Å²) in [4.78, 5) is 11.9. The molecule has 0 amide bonds. The fourth-order valence-electron chi connectivity index (χ4n) is 2.65. The Morgan fingerprint density at radius 2 is 1.57 bits per heavy atom. The molecule has 0 bridgehead atoms. The quantitative estimate of drug-likeness (QED) is 0.856. The lowest BCUT2D eigenvalue weighted by Crippen LogP contribution is -2.37. The standard InChI is InChI=1S/C18H20O3/c1-2-18(17(20)21,16-6-4-3-5-7-16)12-14-8-10-15(13-19)11-9-14/h3-11,19H,2,12-13H2,1H3,(H,20,21). The Hall–Kier alpha value is -2.13. The van der Waals surface area contributed by atoms with Crippen molar-refractivity contribution >= 4 is 5.97 Å². The van der Waals surface area contributed by atoms with Crippen LogP contribution in [0.25, 0.3) is 0 Å². The maximum absolute atomic E-state index is 11.9. The summed E-state index contributed by atoms with van der Waals surface area (Å²) in [6, 6.07) is 16.8. The monoisotopic (exact) mass is 284 g/mol. The largest absolute Gasteiger partial charge is 0.481 e. The van der Waals surface area contributed by atoms with E-state index in [1.807, 2.05) is 61.5 Å². The van der Waals surface area contributed by atoms with Gasteiger partial charge in [-0.15, -0.1) is 0 Å². The number of carbonyl (C=O) groups is 1. The summed E-state index contributed by atoms with van der Waals surface area (Å²) in [6.07, 6.45) is 0.961. The summed E-state index contributed by atoms with van der Waals surface area (Å²) in [5, 5.41) is 18.9. The number of hydrogen-bond acceptors (Lipinski definition) is 2. The number of aliphatic carboxylic acids is 1. The zero-order valence-corrected chi connectivity index (χ0v) is 12.1. The van der Waals surface area contributed by atoms with E-state index in [0.717, 1.165) is 16.7 Å². The highest BCUT2D eigenvalue weighted by Crippen LogP contribution is 2.32. The lowest BCUT2D eigenvalue weighted by Gasteiger charge is -2.29. The third kappa shape index (κ3) is 3.14. The highest BCUT2D eigenvalue weighted by molar-refractivity contribution is 5.81. The second-order valence-corrected chi connectivity index (χ2v) is 5.26. The average Bonchev–Trinajstić information content (AvgIpc) is 2.54. The smallest absolute Gasteiger partial charge is 0.314 e. The van der Waals surface area contributed by atoms with Gasteiger partial charge in [-0.25, -0.2) is 0 Å². The lowest BCUT2D eigenvalue weighted by molar-refractivity contribution is -0.144. The molecule has 0 saturated heterocycles. The summed E-state index contributed by atoms with van der Waals surface area (Å²) in [6.45, 7) is 1.90. The molecule has 3 heteroatoms. The fourth-order valence-corrected chi connectivity index (χ4v) is 2.65. The molecule has 2 aromatic carbocycles. The zero-order valence-electron chi connectivity index (χ0n) is 12.1. The van der Waals surface area contributed by atoms with Crippen LogP contribution in [0.4, 0.5) is 0 Å². The third-order valence-electron chi connectivity index (χ3n) is 4.05. The van der Waals surface area contributed by atoms with E-state index in [4.69, 9.17) is 5.11 Å². The first-order valence-corrected chi connectivity index (χ1v) is 7.10. The van der Waals surface area contributed by atoms with Gasteiger partial charge in [0.15, 0.2) is 0 Å². The molecular weight excluding hydrogens is 264 g/mol. The first-order valence-electron chi connectivity index (χ1n) is 7.10. The van der Waals surface area contributed by atoms with Crippen molar-refractivity contribution in [2.24, 2.45) is 0 Å². The topological polar surface area (TPSA) is 57.5 Å². The molecule has 2 aromatic rings. The van der Waals surface area contributed by atoms with E-state index in [-0.39, 0.29) is 6.61 Å². The molecule has 2 N–H and O–H groups in total. The van der Waals surface area contributed by atoms with Crippen molar-refractivity contribution < 1.29 is 15.0 Å². The normalized spacial score (nSPS) is 13.6. The summed E-state index contributed by atoms with van der Waals surface area (Å²) in [5.41, 5.74) is 1.70. The molecule has 3 nitrogen and oxygen atoms in total. The van der Waals surface area contributed by atoms with Gasteiger partial charge in [0.2, 0.25) is 0 Å². The molecule has 0 aliphatic carbocycles. The minimum atomic E-state index is -0.915. The van der Waals surface area contributed by atoms with E-state index in [9.17, 15) is 9.90 Å². The molecule has 21 heavy (non-hydrogen) atoms. The molecule has 1 atom stereocenters. The number of carboxylic acid groups (broad SMARTS) is 1. The maximum atomic E-state index is 11.9. The number of benzene rings is 2. The minimum Gasteiger partial charge on any atom is -0.481 e. The maximum Gasteiger partial charge on any atom is 0.314 e. The third-order valence-corrected chi connectivity index (χ3v) is 4.05. The first-order chi connectivity index (χ1) is 10.1. The van der Waals surface area contributed by atoms with Crippen molar-refractivity contribution in [3.63, 3.8) is 0 Å². The second-order valence-electron chi connectivity index (χ2n) is 5.26. The molecule has 1 unspecified atom stereocenters. The molecule has 0 aliphatic heterocycles. The number of aliphatic hydroxyl groups is 1. The predicted molar refractivity (Wildman–Crippen MR) is 82.1 cm³/mol. The Morgan fingerprint density at radius 3 is 2.05 bits per heavy atom. The van der Waals surface area contributed by atoms with Crippen molar-refractivity contribution in [1.82, 2.24) is 0 Å². The number of aliphatic hydroxyl groups excluding tert-OH is 1. The van der Waals surface area contributed by atoms with Crippen molar-refractivity contribution in [1.29, 1.82) is 0 Å². The zero-order chi connectivity index (χ0) is 15.3. The second kappa shape index (κ2) is 6.55. The lowest BCUT2D eigenvalue weighted by atomic mass is 9.73. The Kier molecular flexibility index (Phi) is 4.76. The highest BCUT2D eigenvalue weighted by Gasteiger charge is 2.38. The molecule has 2 rings (SSSR count). The van der Waals surface area contributed by atoms with E-state index in [2.05, 4.69) is 0 Å². The SMILES string of the molecule is CCC(Cc1ccc(CO)cc1)(C(=O)O)c1ccccc1. The minimum absolute atomic E-state index is 0.00316. The van der Waals surface area contributed by atoms with Gasteiger partial charge in [-0.2, -0.15) is 0 Å². The molecule has 0 aromatic heterocycles. The van der Waals surface area contributed by atoms with Gasteiger partial charge < -0.3 is 10.2 Å². The fraction of sp³-hybridized carbons (Fsp3) is 0.278. The van der Waals surface area contributed by atoms with Crippen LogP contribution in [0.1, 0.15) is 30.0 Å². The molecule has 0 saturated carbocycles. The molecule has 0 radical (unpaired) electrons. The molecule has 0 fully saturated rings. The van der Waals surface area contributed by atoms with Crippen LogP contribution in [0, 0.1) is 0 Å². The summed E-state index contributed by atoms with van der Waals surface area (Å²) >= 11 is 0. The molecule has 110 valence electrons. The van der Waals surface area contributed by atoms with Crippen LogP contribution in [0.5, 0.6) is 0 Å². The van der Waals surface area contributed by atoms with E-state index in [1.165, 1.54) is 0 Å². The highest BCUT2D eigenvalue weighted by atomic mass is 16.4. The van der Waals surface area contributed by atoms with Gasteiger partial charge in [0.1, 0.15) is 0 Å². The van der Waals surface area contributed by atoms with E-state index >= 15 is 0 Å². The Bertz CT molecular complexity index is 590. The van der Waals surface area contributed by atoms with Crippen LogP contribution < -0.4 is 0 Å². The van der Waals surface area contributed by atoms with Crippen LogP contribution in [-0.2, 0) is 23.2 Å². The predicted octanol–water partition coefficient (Wildman–Crippen LogP) is 3.15. The number of hydrogen-bond donors (Lipinski definition) is 2. The summed E-state index contributed by atoms with van der Waals surface area (Å²) in [7, 11) is 0. The first kappa shape index (κ1) is 15.3. The van der Waals surface area contributed by atoms with Crippen molar-refractivity contribution in [3.8, 4) is 0 Å². The van der Waals surface area contributed by atoms with Gasteiger partial charge >= 0.3 is 5.97 Å². The Balaban J connectivity index is 2.38. The Morgan fingerprint density at radius 1 is 1.00 bits per heavy atom. The van der Waals surface area contributed by atoms with E-state index < -0.39 is 11.4 Å². The van der Waals surface area contributed by atoms with Crippen LogP contribution in [0.3, 0.4) is 0 Å². The Labute approximate surface area is 124 Å². The molecule has 0 heterocycles. The van der Waals surface area contributed by atoms with Gasteiger partial charge in [0.05, 0.1) is 12.0 Å². The average molecular weight is 284 g/mol. The van der Waals surface area contributed by atoms with Gasteiger partial charge in [-0.05, 0) is 29.5 Å². The van der Waals surface area contributed by atoms with Crippen LogP contribution >= 0.6 is 0 Å². The van der Waals surface area contributed by atoms with Crippen molar-refractivity contribution in [2.45, 2.75) is 31.8 Å². The van der Waals surface area contributed by atoms with Gasteiger partial charge in [-0.1, -0.05) is 61.5 Å².